The van der Waals surface area contributed by atoms with Crippen LogP contribution in [0.2, 0.25) is 0 Å². The fourth-order valence-electron chi connectivity index (χ4n) is 4.55. The SMILES string of the molecule is O=C(O)NC1(c2ccc(-c3nc4c(cc3-c3ccccc3)C(=S)NCC4)cc2)CCC1. The molecule has 1 aliphatic carbocycles. The molecule has 0 radical (unpaired) electrons. The van der Waals surface area contributed by atoms with E-state index in [0.29, 0.717) is 0 Å². The van der Waals surface area contributed by atoms with E-state index in [0.717, 1.165) is 76.4 Å². The Kier molecular flexibility index (Phi) is 4.94. The van der Waals surface area contributed by atoms with Gasteiger partial charge in [-0.25, -0.2) is 4.79 Å². The van der Waals surface area contributed by atoms with E-state index < -0.39 is 11.6 Å². The summed E-state index contributed by atoms with van der Waals surface area (Å²) in [6.45, 7) is 0.797. The van der Waals surface area contributed by atoms with Crippen molar-refractivity contribution in [2.45, 2.75) is 31.2 Å². The van der Waals surface area contributed by atoms with Gasteiger partial charge in [-0.2, -0.15) is 0 Å². The van der Waals surface area contributed by atoms with Crippen LogP contribution in [0.25, 0.3) is 22.4 Å². The van der Waals surface area contributed by atoms with Crippen molar-refractivity contribution in [2.75, 3.05) is 6.54 Å². The summed E-state index contributed by atoms with van der Waals surface area (Å²) in [5, 5.41) is 15.3. The van der Waals surface area contributed by atoms with Gasteiger partial charge in [-0.1, -0.05) is 66.8 Å². The van der Waals surface area contributed by atoms with E-state index in [9.17, 15) is 9.90 Å². The predicted molar refractivity (Wildman–Crippen MR) is 125 cm³/mol. The standard InChI is InChI=1S/C25H23N3O2S/c29-24(30)28-25(12-4-13-25)18-9-7-17(8-10-18)22-19(16-5-2-1-3-6-16)15-20-21(27-22)11-14-26-23(20)31/h1-3,5-10,15,28H,4,11-14H2,(H,26,31)(H,29,30). The molecule has 1 amide bonds. The normalized spacial score (nSPS) is 16.6. The number of pyridine rings is 1. The number of rotatable bonds is 4. The van der Waals surface area contributed by atoms with E-state index in [4.69, 9.17) is 17.2 Å². The van der Waals surface area contributed by atoms with E-state index in [2.05, 4.69) is 41.0 Å². The molecule has 156 valence electrons. The van der Waals surface area contributed by atoms with Crippen molar-refractivity contribution in [1.82, 2.24) is 15.6 Å². The number of fused-ring (bicyclic) bond motifs is 1. The lowest BCUT2D eigenvalue weighted by molar-refractivity contribution is 0.144. The van der Waals surface area contributed by atoms with Crippen molar-refractivity contribution >= 4 is 23.3 Å². The van der Waals surface area contributed by atoms with Crippen molar-refractivity contribution in [3.63, 3.8) is 0 Å². The van der Waals surface area contributed by atoms with Gasteiger partial charge in [-0.05, 0) is 36.5 Å². The third-order valence-electron chi connectivity index (χ3n) is 6.34. The largest absolute Gasteiger partial charge is 0.465 e. The van der Waals surface area contributed by atoms with Crippen molar-refractivity contribution in [1.29, 1.82) is 0 Å². The lowest BCUT2D eigenvalue weighted by Gasteiger charge is -2.42. The molecule has 0 spiro atoms. The quantitative estimate of drug-likeness (QED) is 0.515. The molecule has 0 atom stereocenters. The second kappa shape index (κ2) is 7.78. The Bertz CT molecular complexity index is 1160. The van der Waals surface area contributed by atoms with Gasteiger partial charge in [0.1, 0.15) is 4.99 Å². The second-order valence-electron chi connectivity index (χ2n) is 8.19. The van der Waals surface area contributed by atoms with Gasteiger partial charge in [0, 0.05) is 29.7 Å². The molecule has 3 N–H and O–H groups in total. The number of thiocarbonyl (C=S) groups is 1. The van der Waals surface area contributed by atoms with Crippen molar-refractivity contribution in [2.24, 2.45) is 0 Å². The van der Waals surface area contributed by atoms with Crippen LogP contribution in [0.3, 0.4) is 0 Å². The first-order valence-electron chi connectivity index (χ1n) is 10.6. The minimum absolute atomic E-state index is 0.465. The summed E-state index contributed by atoms with van der Waals surface area (Å²) in [7, 11) is 0. The third kappa shape index (κ3) is 3.57. The number of hydrogen-bond acceptors (Lipinski definition) is 3. The fourth-order valence-corrected chi connectivity index (χ4v) is 4.83. The molecule has 0 unspecified atom stereocenters. The molecular weight excluding hydrogens is 406 g/mol. The zero-order valence-corrected chi connectivity index (χ0v) is 17.8. The maximum atomic E-state index is 11.3. The van der Waals surface area contributed by atoms with Gasteiger partial charge in [0.2, 0.25) is 0 Å². The van der Waals surface area contributed by atoms with Crippen LogP contribution in [-0.2, 0) is 12.0 Å². The molecule has 2 aromatic carbocycles. The number of aromatic nitrogens is 1. The van der Waals surface area contributed by atoms with Crippen LogP contribution in [0.1, 0.15) is 36.1 Å². The number of amides is 1. The van der Waals surface area contributed by atoms with Crippen LogP contribution < -0.4 is 10.6 Å². The molecule has 2 heterocycles. The van der Waals surface area contributed by atoms with Gasteiger partial charge in [-0.15, -0.1) is 0 Å². The number of hydrogen-bond donors (Lipinski definition) is 3. The first-order valence-corrected chi connectivity index (χ1v) is 11.0. The molecule has 6 heteroatoms. The highest BCUT2D eigenvalue weighted by Crippen LogP contribution is 2.42. The Morgan fingerprint density at radius 1 is 1.03 bits per heavy atom. The van der Waals surface area contributed by atoms with E-state index in [1.165, 1.54) is 0 Å². The molecule has 0 saturated heterocycles. The zero-order chi connectivity index (χ0) is 21.4. The summed E-state index contributed by atoms with van der Waals surface area (Å²) >= 11 is 5.54. The molecule has 1 aliphatic heterocycles. The van der Waals surface area contributed by atoms with Gasteiger partial charge in [0.05, 0.1) is 16.9 Å². The maximum absolute atomic E-state index is 11.3. The van der Waals surface area contributed by atoms with Gasteiger partial charge in [0.15, 0.2) is 0 Å². The topological polar surface area (TPSA) is 74.2 Å². The molecular formula is C25H23N3O2S. The second-order valence-corrected chi connectivity index (χ2v) is 8.60. The van der Waals surface area contributed by atoms with E-state index in [1.54, 1.807) is 0 Å². The van der Waals surface area contributed by atoms with Gasteiger partial charge < -0.3 is 15.7 Å². The smallest absolute Gasteiger partial charge is 0.405 e. The zero-order valence-electron chi connectivity index (χ0n) is 17.0. The summed E-state index contributed by atoms with van der Waals surface area (Å²) in [5.41, 5.74) is 6.64. The highest BCUT2D eigenvalue weighted by Gasteiger charge is 2.40. The summed E-state index contributed by atoms with van der Waals surface area (Å²) in [5.74, 6) is 0. The lowest BCUT2D eigenvalue weighted by atomic mass is 9.71. The summed E-state index contributed by atoms with van der Waals surface area (Å²) in [6.07, 6.45) is 2.54. The van der Waals surface area contributed by atoms with Crippen LogP contribution in [-0.4, -0.2) is 27.7 Å². The molecule has 31 heavy (non-hydrogen) atoms. The van der Waals surface area contributed by atoms with E-state index in [-0.39, 0.29) is 0 Å². The Labute approximate surface area is 186 Å². The molecule has 5 rings (SSSR count). The first-order chi connectivity index (χ1) is 15.1. The maximum Gasteiger partial charge on any atom is 0.405 e. The molecule has 0 bridgehead atoms. The Hall–Kier alpha value is -3.25. The average Bonchev–Trinajstić information content (AvgIpc) is 2.76. The molecule has 2 aliphatic rings. The van der Waals surface area contributed by atoms with Gasteiger partial charge >= 0.3 is 6.09 Å². The van der Waals surface area contributed by atoms with Crippen molar-refractivity contribution in [3.8, 4) is 22.4 Å². The van der Waals surface area contributed by atoms with Crippen molar-refractivity contribution < 1.29 is 9.90 Å². The monoisotopic (exact) mass is 429 g/mol. The first kappa shape index (κ1) is 19.7. The van der Waals surface area contributed by atoms with Gasteiger partial charge in [-0.3, -0.25) is 4.98 Å². The molecule has 1 saturated carbocycles. The molecule has 5 nitrogen and oxygen atoms in total. The summed E-state index contributed by atoms with van der Waals surface area (Å²) < 4.78 is 0. The third-order valence-corrected chi connectivity index (χ3v) is 6.71. The number of nitrogens with one attached hydrogen (secondary N) is 2. The summed E-state index contributed by atoms with van der Waals surface area (Å²) in [4.78, 5) is 17.1. The number of carbonyl (C=O) groups is 1. The van der Waals surface area contributed by atoms with E-state index in [1.807, 2.05) is 30.3 Å². The highest BCUT2D eigenvalue weighted by atomic mass is 32.1. The number of benzene rings is 2. The van der Waals surface area contributed by atoms with E-state index >= 15 is 0 Å². The van der Waals surface area contributed by atoms with Crippen LogP contribution in [0.15, 0.2) is 60.7 Å². The van der Waals surface area contributed by atoms with Gasteiger partial charge in [0.25, 0.3) is 0 Å². The fraction of sp³-hybridized carbons (Fsp3) is 0.240. The Morgan fingerprint density at radius 2 is 1.77 bits per heavy atom. The number of nitrogens with zero attached hydrogens (tertiary/aromatic N) is 1. The minimum atomic E-state index is -0.976. The summed E-state index contributed by atoms with van der Waals surface area (Å²) in [6, 6.07) is 20.5. The minimum Gasteiger partial charge on any atom is -0.465 e. The van der Waals surface area contributed by atoms with Crippen molar-refractivity contribution in [3.05, 3.63) is 77.5 Å². The van der Waals surface area contributed by atoms with Crippen LogP contribution >= 0.6 is 12.2 Å². The molecule has 1 fully saturated rings. The Morgan fingerprint density at radius 3 is 2.42 bits per heavy atom. The average molecular weight is 430 g/mol. The molecule has 1 aromatic heterocycles. The Balaban J connectivity index is 1.60. The lowest BCUT2D eigenvalue weighted by Crippen LogP contribution is -2.50. The predicted octanol–water partition coefficient (Wildman–Crippen LogP) is 4.88. The highest BCUT2D eigenvalue weighted by molar-refractivity contribution is 7.80. The molecule has 3 aromatic rings. The van der Waals surface area contributed by atoms with Crippen LogP contribution in [0, 0.1) is 0 Å². The van der Waals surface area contributed by atoms with Crippen LogP contribution in [0.5, 0.6) is 0 Å². The number of carboxylic acid groups (broad SMARTS) is 1. The van der Waals surface area contributed by atoms with Crippen LogP contribution in [0.4, 0.5) is 4.79 Å².